The molecule has 1 fully saturated rings. The molecule has 1 amide bonds. The Morgan fingerprint density at radius 2 is 1.96 bits per heavy atom. The smallest absolute Gasteiger partial charge is 0.419 e. The number of rotatable bonds is 3. The maximum absolute atomic E-state index is 13.9. The average molecular weight is 333 g/mol. The Balaban J connectivity index is 2.09. The van der Waals surface area contributed by atoms with Crippen molar-refractivity contribution in [3.8, 4) is 0 Å². The van der Waals surface area contributed by atoms with Gasteiger partial charge >= 0.3 is 12.1 Å². The molecule has 8 heteroatoms. The highest BCUT2D eigenvalue weighted by Gasteiger charge is 2.36. The lowest BCUT2D eigenvalue weighted by Crippen LogP contribution is -2.34. The molecule has 2 atom stereocenters. The highest BCUT2D eigenvalue weighted by molar-refractivity contribution is 5.95. The number of hydrogen-bond acceptors (Lipinski definition) is 3. The normalized spacial score (nSPS) is 21.1. The van der Waals surface area contributed by atoms with Crippen molar-refractivity contribution in [2.45, 2.75) is 31.5 Å². The van der Waals surface area contributed by atoms with E-state index in [4.69, 9.17) is 0 Å². The van der Waals surface area contributed by atoms with E-state index in [-0.39, 0.29) is 5.92 Å². The van der Waals surface area contributed by atoms with Crippen LogP contribution in [0.2, 0.25) is 0 Å². The molecule has 1 N–H and O–H groups in total. The molecule has 1 aliphatic carbocycles. The Labute approximate surface area is 129 Å². The topological polar surface area (TPSA) is 55.4 Å². The average Bonchev–Trinajstić information content (AvgIpc) is 2.93. The Bertz CT molecular complexity index is 615. The molecule has 0 spiro atoms. The van der Waals surface area contributed by atoms with E-state index in [1.807, 2.05) is 0 Å². The Morgan fingerprint density at radius 3 is 2.57 bits per heavy atom. The Morgan fingerprint density at radius 1 is 1.26 bits per heavy atom. The van der Waals surface area contributed by atoms with Crippen LogP contribution in [0.3, 0.4) is 0 Å². The summed E-state index contributed by atoms with van der Waals surface area (Å²) in [5.74, 6) is -3.28. The number of carbonyl (C=O) groups excluding carboxylic acids is 2. The van der Waals surface area contributed by atoms with E-state index >= 15 is 0 Å². The molecule has 1 aromatic rings. The van der Waals surface area contributed by atoms with E-state index in [0.29, 0.717) is 25.3 Å². The van der Waals surface area contributed by atoms with Crippen LogP contribution < -0.4 is 5.32 Å². The minimum atomic E-state index is -4.87. The van der Waals surface area contributed by atoms with E-state index in [2.05, 4.69) is 10.1 Å². The first-order chi connectivity index (χ1) is 10.7. The second-order valence-corrected chi connectivity index (χ2v) is 5.37. The largest absolute Gasteiger partial charge is 0.469 e. The van der Waals surface area contributed by atoms with Crippen molar-refractivity contribution < 1.29 is 31.9 Å². The number of alkyl halides is 3. The van der Waals surface area contributed by atoms with Gasteiger partial charge in [0.15, 0.2) is 0 Å². The van der Waals surface area contributed by atoms with Gasteiger partial charge in [-0.1, -0.05) is 6.07 Å². The van der Waals surface area contributed by atoms with Crippen LogP contribution in [-0.4, -0.2) is 25.0 Å². The van der Waals surface area contributed by atoms with Crippen LogP contribution in [0.15, 0.2) is 18.2 Å². The summed E-state index contributed by atoms with van der Waals surface area (Å²) in [4.78, 5) is 23.4. The van der Waals surface area contributed by atoms with Crippen molar-refractivity contribution in [2.24, 2.45) is 5.92 Å². The minimum absolute atomic E-state index is 0.318. The molecule has 1 aromatic carbocycles. The quantitative estimate of drug-likeness (QED) is 0.683. The number of esters is 1. The van der Waals surface area contributed by atoms with Gasteiger partial charge in [-0.2, -0.15) is 13.2 Å². The van der Waals surface area contributed by atoms with Gasteiger partial charge in [0.2, 0.25) is 0 Å². The Kier molecular flexibility index (Phi) is 4.91. The fourth-order valence-corrected chi connectivity index (χ4v) is 2.68. The molecule has 126 valence electrons. The molecule has 1 saturated carbocycles. The third kappa shape index (κ3) is 3.80. The number of ether oxygens (including phenoxy) is 1. The fourth-order valence-electron chi connectivity index (χ4n) is 2.68. The molecule has 4 nitrogen and oxygen atoms in total. The first kappa shape index (κ1) is 17.2. The molecular formula is C15H15F4NO3. The fraction of sp³-hybridized carbons (Fsp3) is 0.467. The first-order valence-electron chi connectivity index (χ1n) is 6.98. The van der Waals surface area contributed by atoms with Crippen LogP contribution in [0.4, 0.5) is 17.6 Å². The summed E-state index contributed by atoms with van der Waals surface area (Å²) in [6, 6.07) is 2.15. The molecular weight excluding hydrogens is 318 g/mol. The first-order valence-corrected chi connectivity index (χ1v) is 6.98. The van der Waals surface area contributed by atoms with Gasteiger partial charge in [-0.15, -0.1) is 0 Å². The zero-order valence-electron chi connectivity index (χ0n) is 12.2. The maximum Gasteiger partial charge on any atom is 0.419 e. The molecule has 0 aliphatic heterocycles. The molecule has 2 rings (SSSR count). The molecule has 0 saturated heterocycles. The van der Waals surface area contributed by atoms with Gasteiger partial charge in [-0.05, 0) is 31.4 Å². The van der Waals surface area contributed by atoms with Crippen molar-refractivity contribution in [3.63, 3.8) is 0 Å². The Hall–Kier alpha value is -2.12. The SMILES string of the molecule is COC(=O)C1CCC(NC(=O)c2cccc(C(F)(F)F)c2F)C1. The van der Waals surface area contributed by atoms with Crippen molar-refractivity contribution in [1.82, 2.24) is 5.32 Å². The molecule has 0 radical (unpaired) electrons. The number of methoxy groups -OCH3 is 1. The zero-order valence-corrected chi connectivity index (χ0v) is 12.2. The minimum Gasteiger partial charge on any atom is -0.469 e. The second-order valence-electron chi connectivity index (χ2n) is 5.37. The van der Waals surface area contributed by atoms with Crippen molar-refractivity contribution >= 4 is 11.9 Å². The second kappa shape index (κ2) is 6.55. The van der Waals surface area contributed by atoms with Gasteiger partial charge in [0, 0.05) is 6.04 Å². The monoisotopic (exact) mass is 333 g/mol. The third-order valence-electron chi connectivity index (χ3n) is 3.85. The zero-order chi connectivity index (χ0) is 17.2. The number of nitrogens with one attached hydrogen (secondary N) is 1. The van der Waals surface area contributed by atoms with Crippen LogP contribution >= 0.6 is 0 Å². The molecule has 2 unspecified atom stereocenters. The molecule has 0 aromatic heterocycles. The van der Waals surface area contributed by atoms with Crippen molar-refractivity contribution in [2.75, 3.05) is 7.11 Å². The van der Waals surface area contributed by atoms with E-state index < -0.39 is 41.0 Å². The lowest BCUT2D eigenvalue weighted by molar-refractivity contribution is -0.145. The van der Waals surface area contributed by atoms with Crippen LogP contribution in [-0.2, 0) is 15.7 Å². The number of carbonyl (C=O) groups is 2. The predicted octanol–water partition coefficient (Wildman–Crippen LogP) is 2.92. The lowest BCUT2D eigenvalue weighted by Gasteiger charge is -2.15. The number of hydrogen-bond donors (Lipinski definition) is 1. The summed E-state index contributed by atoms with van der Waals surface area (Å²) < 4.78 is 56.5. The van der Waals surface area contributed by atoms with Crippen molar-refractivity contribution in [1.29, 1.82) is 0 Å². The molecule has 0 bridgehead atoms. The number of benzene rings is 1. The van der Waals surface area contributed by atoms with E-state index in [1.165, 1.54) is 7.11 Å². The van der Waals surface area contributed by atoms with Gasteiger partial charge < -0.3 is 10.1 Å². The van der Waals surface area contributed by atoms with Gasteiger partial charge in [0.25, 0.3) is 5.91 Å². The summed E-state index contributed by atoms with van der Waals surface area (Å²) in [6.07, 6.45) is -3.57. The molecule has 23 heavy (non-hydrogen) atoms. The van der Waals surface area contributed by atoms with Crippen LogP contribution in [0.1, 0.15) is 35.2 Å². The highest BCUT2D eigenvalue weighted by Crippen LogP contribution is 2.32. The maximum atomic E-state index is 13.9. The summed E-state index contributed by atoms with van der Waals surface area (Å²) in [7, 11) is 1.26. The molecule has 0 heterocycles. The number of amides is 1. The highest BCUT2D eigenvalue weighted by atomic mass is 19.4. The van der Waals surface area contributed by atoms with Crippen LogP contribution in [0, 0.1) is 11.7 Å². The lowest BCUT2D eigenvalue weighted by atomic mass is 10.1. The van der Waals surface area contributed by atoms with Gasteiger partial charge in [0.1, 0.15) is 5.82 Å². The standard InChI is InChI=1S/C15H15F4NO3/c1-23-14(22)8-5-6-9(7-8)20-13(21)10-3-2-4-11(12(10)16)15(17,18)19/h2-4,8-9H,5-7H2,1H3,(H,20,21). The van der Waals surface area contributed by atoms with Gasteiger partial charge in [-0.3, -0.25) is 9.59 Å². The van der Waals surface area contributed by atoms with Crippen LogP contribution in [0.5, 0.6) is 0 Å². The molecule has 1 aliphatic rings. The van der Waals surface area contributed by atoms with E-state index in [1.54, 1.807) is 0 Å². The third-order valence-corrected chi connectivity index (χ3v) is 3.85. The summed E-state index contributed by atoms with van der Waals surface area (Å²) in [5, 5.41) is 2.47. The summed E-state index contributed by atoms with van der Waals surface area (Å²) in [5.41, 5.74) is -2.15. The van der Waals surface area contributed by atoms with Gasteiger partial charge in [-0.25, -0.2) is 4.39 Å². The van der Waals surface area contributed by atoms with Gasteiger partial charge in [0.05, 0.1) is 24.2 Å². The number of halogens is 4. The van der Waals surface area contributed by atoms with Crippen molar-refractivity contribution in [3.05, 3.63) is 35.1 Å². The summed E-state index contributed by atoms with van der Waals surface area (Å²) in [6.45, 7) is 0. The van der Waals surface area contributed by atoms with E-state index in [9.17, 15) is 27.2 Å². The predicted molar refractivity (Wildman–Crippen MR) is 72.0 cm³/mol. The van der Waals surface area contributed by atoms with Crippen LogP contribution in [0.25, 0.3) is 0 Å². The van der Waals surface area contributed by atoms with E-state index in [0.717, 1.165) is 12.1 Å². The summed E-state index contributed by atoms with van der Waals surface area (Å²) >= 11 is 0.